The van der Waals surface area contributed by atoms with E-state index in [1.807, 2.05) is 0 Å². The Hall–Kier alpha value is -6.99. The first-order valence-corrected chi connectivity index (χ1v) is 19.9. The fourth-order valence-corrected chi connectivity index (χ4v) is 6.83. The average molecular weight is 885 g/mol. The molecule has 2 fully saturated rings. The summed E-state index contributed by atoms with van der Waals surface area (Å²) < 4.78 is 58.4. The number of benzene rings is 4. The summed E-state index contributed by atoms with van der Waals surface area (Å²) in [5.74, 6) is -6.38. The molecular weight excluding hydrogens is 840 g/mol. The number of carbonyl (C=O) groups is 7. The molecule has 0 radical (unpaired) electrons. The molecule has 1 N–H and O–H groups in total. The van der Waals surface area contributed by atoms with Crippen molar-refractivity contribution in [3.05, 3.63) is 144 Å². The Bertz CT molecular complexity index is 2240. The molecule has 18 heteroatoms. The lowest BCUT2D eigenvalue weighted by molar-refractivity contribution is -0.360. The predicted octanol–water partition coefficient (Wildman–Crippen LogP) is 3.77. The maximum absolute atomic E-state index is 14.0. The second-order valence-corrected chi connectivity index (χ2v) is 14.3. The summed E-state index contributed by atoms with van der Waals surface area (Å²) in [6, 6.07) is 30.8. The Balaban J connectivity index is 1.47. The lowest BCUT2D eigenvalue weighted by atomic mass is 9.96. The maximum Gasteiger partial charge on any atom is 0.338 e. The zero-order valence-electron chi connectivity index (χ0n) is 34.6. The van der Waals surface area contributed by atoms with Crippen molar-refractivity contribution in [2.75, 3.05) is 13.2 Å². The van der Waals surface area contributed by atoms with E-state index in [4.69, 9.17) is 47.4 Å². The highest BCUT2D eigenvalue weighted by Gasteiger charge is 2.57. The van der Waals surface area contributed by atoms with Gasteiger partial charge in [-0.1, -0.05) is 72.8 Å². The highest BCUT2D eigenvalue weighted by Crippen LogP contribution is 2.36. The molecule has 2 saturated heterocycles. The van der Waals surface area contributed by atoms with Gasteiger partial charge in [0.1, 0.15) is 25.4 Å². The van der Waals surface area contributed by atoms with E-state index in [-0.39, 0.29) is 22.3 Å². The lowest BCUT2D eigenvalue weighted by Gasteiger charge is -2.48. The van der Waals surface area contributed by atoms with E-state index in [9.17, 15) is 38.7 Å². The number of ether oxygens (including phenoxy) is 10. The van der Waals surface area contributed by atoms with Crippen molar-refractivity contribution < 1.29 is 86.0 Å². The molecule has 6 rings (SSSR count). The van der Waals surface area contributed by atoms with Gasteiger partial charge in [-0.15, -0.1) is 0 Å². The SMILES string of the molecule is CC(=O)OC[C@H]1O[C@H](O)[C@@H](O[C@H]2O[C@H](COC(=O)c3ccccc3)[C@@H](OC(=O)c3ccccc3)[C@H](OC(=O)c3ccccc3)[C@@H]2OC(=O)c2ccccc2)[C@@H](OC(C)=O)[C@@H]1OC(C)=O. The topological polar surface area (TPSA) is 232 Å². The van der Waals surface area contributed by atoms with Gasteiger partial charge in [0.2, 0.25) is 0 Å². The van der Waals surface area contributed by atoms with E-state index in [1.54, 1.807) is 72.8 Å². The third kappa shape index (κ3) is 12.1. The summed E-state index contributed by atoms with van der Waals surface area (Å²) in [5.41, 5.74) is 0.220. The Kier molecular flexibility index (Phi) is 15.9. The van der Waals surface area contributed by atoms with E-state index in [2.05, 4.69) is 0 Å². The Morgan fingerprint density at radius 3 is 1.23 bits per heavy atom. The van der Waals surface area contributed by atoms with Crippen LogP contribution < -0.4 is 0 Å². The summed E-state index contributed by atoms with van der Waals surface area (Å²) in [6.07, 6.45) is -17.9. The van der Waals surface area contributed by atoms with Crippen LogP contribution in [-0.4, -0.2) is 122 Å². The number of hydrogen-bond acceptors (Lipinski definition) is 18. The van der Waals surface area contributed by atoms with E-state index < -0.39 is 116 Å². The van der Waals surface area contributed by atoms with Crippen molar-refractivity contribution in [2.24, 2.45) is 0 Å². The number of esters is 7. The fraction of sp³-hybridized carbons (Fsp3) is 0.326. The highest BCUT2D eigenvalue weighted by atomic mass is 16.8. The van der Waals surface area contributed by atoms with Gasteiger partial charge in [0, 0.05) is 20.8 Å². The monoisotopic (exact) mass is 884 g/mol. The van der Waals surface area contributed by atoms with Crippen LogP contribution in [-0.2, 0) is 61.8 Å². The lowest BCUT2D eigenvalue weighted by Crippen LogP contribution is -2.67. The number of aliphatic hydroxyl groups is 1. The van der Waals surface area contributed by atoms with Crippen LogP contribution in [0.1, 0.15) is 62.2 Å². The molecule has 0 unspecified atom stereocenters. The van der Waals surface area contributed by atoms with E-state index >= 15 is 0 Å². The Morgan fingerprint density at radius 1 is 0.422 bits per heavy atom. The van der Waals surface area contributed by atoms with Crippen LogP contribution in [0.2, 0.25) is 0 Å². The standard InChI is InChI=1S/C46H44O18/c1-26(47)55-24-33-35(57-27(2)48)37(58-28(3)49)39(45(54)59-33)64-46-40(63-44(53)32-22-14-7-15-23-32)38(62-43(52)31-20-12-6-13-21-31)36(61-42(51)30-18-10-5-11-19-30)34(60-46)25-56-41(50)29-16-8-4-9-17-29/h4-23,33-40,45-46,54H,24-25H2,1-3H3/t33-,34-,35-,36-,37+,38+,39+,40+,45+,46-/m1/s1. The summed E-state index contributed by atoms with van der Waals surface area (Å²) in [4.78, 5) is 92.1. The van der Waals surface area contributed by atoms with Crippen molar-refractivity contribution in [1.29, 1.82) is 0 Å². The first kappa shape index (κ1) is 46.5. The Labute approximate surface area is 366 Å². The molecule has 2 aliphatic heterocycles. The molecule has 0 amide bonds. The van der Waals surface area contributed by atoms with Gasteiger partial charge in [0.05, 0.1) is 22.3 Å². The maximum atomic E-state index is 14.0. The van der Waals surface area contributed by atoms with Crippen LogP contribution in [0, 0.1) is 0 Å². The molecule has 2 heterocycles. The molecule has 18 nitrogen and oxygen atoms in total. The summed E-state index contributed by atoms with van der Waals surface area (Å²) in [5, 5.41) is 11.5. The molecule has 336 valence electrons. The van der Waals surface area contributed by atoms with Crippen molar-refractivity contribution >= 4 is 41.8 Å². The third-order valence-electron chi connectivity index (χ3n) is 9.69. The normalized spacial score (nSPS) is 25.1. The van der Waals surface area contributed by atoms with Crippen molar-refractivity contribution in [2.45, 2.75) is 82.2 Å². The molecule has 0 spiro atoms. The molecule has 4 aromatic rings. The van der Waals surface area contributed by atoms with Crippen molar-refractivity contribution in [3.63, 3.8) is 0 Å². The number of hydrogen-bond donors (Lipinski definition) is 1. The third-order valence-corrected chi connectivity index (χ3v) is 9.69. The molecule has 10 atom stereocenters. The van der Waals surface area contributed by atoms with E-state index in [1.165, 1.54) is 48.5 Å². The zero-order valence-corrected chi connectivity index (χ0v) is 34.6. The van der Waals surface area contributed by atoms with Crippen LogP contribution in [0.15, 0.2) is 121 Å². The van der Waals surface area contributed by atoms with Crippen molar-refractivity contribution in [3.8, 4) is 0 Å². The predicted molar refractivity (Wildman–Crippen MR) is 216 cm³/mol. The van der Waals surface area contributed by atoms with Crippen LogP contribution in [0.5, 0.6) is 0 Å². The van der Waals surface area contributed by atoms with E-state index in [0.29, 0.717) is 0 Å². The molecule has 0 aromatic heterocycles. The minimum atomic E-state index is -2.08. The largest absolute Gasteiger partial charge is 0.463 e. The summed E-state index contributed by atoms with van der Waals surface area (Å²) in [6.45, 7) is 1.88. The molecule has 2 aliphatic rings. The first-order chi connectivity index (χ1) is 30.8. The fourth-order valence-electron chi connectivity index (χ4n) is 6.83. The molecule has 0 bridgehead atoms. The quantitative estimate of drug-likeness (QED) is 0.132. The van der Waals surface area contributed by atoms with Crippen LogP contribution in [0.3, 0.4) is 0 Å². The highest BCUT2D eigenvalue weighted by molar-refractivity contribution is 5.91. The average Bonchev–Trinajstić information content (AvgIpc) is 3.29. The second kappa shape index (κ2) is 21.9. The summed E-state index contributed by atoms with van der Waals surface area (Å²) >= 11 is 0. The molecule has 0 aliphatic carbocycles. The summed E-state index contributed by atoms with van der Waals surface area (Å²) in [7, 11) is 0. The van der Waals surface area contributed by atoms with Gasteiger partial charge in [0.25, 0.3) is 0 Å². The molecule has 4 aromatic carbocycles. The van der Waals surface area contributed by atoms with Gasteiger partial charge in [-0.3, -0.25) is 14.4 Å². The van der Waals surface area contributed by atoms with Gasteiger partial charge in [0.15, 0.2) is 49.2 Å². The number of rotatable bonds is 15. The Morgan fingerprint density at radius 2 is 0.781 bits per heavy atom. The molecule has 64 heavy (non-hydrogen) atoms. The number of aliphatic hydroxyl groups excluding tert-OH is 1. The van der Waals surface area contributed by atoms with Gasteiger partial charge < -0.3 is 52.5 Å². The van der Waals surface area contributed by atoms with Gasteiger partial charge >= 0.3 is 41.8 Å². The molecule has 0 saturated carbocycles. The number of carbonyl (C=O) groups excluding carboxylic acids is 7. The minimum absolute atomic E-state index is 0.00758. The van der Waals surface area contributed by atoms with Gasteiger partial charge in [-0.25, -0.2) is 19.2 Å². The first-order valence-electron chi connectivity index (χ1n) is 19.9. The van der Waals surface area contributed by atoms with Gasteiger partial charge in [-0.05, 0) is 48.5 Å². The van der Waals surface area contributed by atoms with E-state index in [0.717, 1.165) is 20.8 Å². The zero-order chi connectivity index (χ0) is 45.8. The van der Waals surface area contributed by atoms with Crippen LogP contribution in [0.25, 0.3) is 0 Å². The minimum Gasteiger partial charge on any atom is -0.463 e. The van der Waals surface area contributed by atoms with Crippen LogP contribution >= 0.6 is 0 Å². The van der Waals surface area contributed by atoms with Crippen molar-refractivity contribution in [1.82, 2.24) is 0 Å². The second-order valence-electron chi connectivity index (χ2n) is 14.3. The van der Waals surface area contributed by atoms with Crippen LogP contribution in [0.4, 0.5) is 0 Å². The van der Waals surface area contributed by atoms with Gasteiger partial charge in [-0.2, -0.15) is 0 Å². The molecular formula is C46H44O18. The smallest absolute Gasteiger partial charge is 0.338 e.